The number of nitrogens with zero attached hydrogens (tertiary/aromatic N) is 1. The topological polar surface area (TPSA) is 79.3 Å². The molecule has 0 radical (unpaired) electrons. The van der Waals surface area contributed by atoms with E-state index in [1.807, 2.05) is 6.92 Å². The quantitative estimate of drug-likeness (QED) is 0.912. The number of carboxylic acids is 1. The van der Waals surface area contributed by atoms with Crippen molar-refractivity contribution in [3.8, 4) is 0 Å². The Hall–Kier alpha value is -1.92. The minimum atomic E-state index is -1.15. The van der Waals surface area contributed by atoms with Crippen LogP contribution >= 0.6 is 22.9 Å². The van der Waals surface area contributed by atoms with Crippen LogP contribution in [0.2, 0.25) is 5.02 Å². The number of carbonyl (C=O) groups excluding carboxylic acids is 1. The summed E-state index contributed by atoms with van der Waals surface area (Å²) in [5, 5.41) is 13.4. The van der Waals surface area contributed by atoms with Gasteiger partial charge in [0.1, 0.15) is 0 Å². The van der Waals surface area contributed by atoms with Crippen molar-refractivity contribution in [2.24, 2.45) is 0 Å². The second-order valence-electron chi connectivity index (χ2n) is 3.76. The molecular weight excluding hydrogens is 288 g/mol. The summed E-state index contributed by atoms with van der Waals surface area (Å²) in [6.07, 6.45) is 0. The fourth-order valence-electron chi connectivity index (χ4n) is 1.42. The zero-order valence-corrected chi connectivity index (χ0v) is 11.4. The van der Waals surface area contributed by atoms with Crippen LogP contribution in [-0.4, -0.2) is 22.0 Å². The highest BCUT2D eigenvalue weighted by Gasteiger charge is 2.15. The summed E-state index contributed by atoms with van der Waals surface area (Å²) in [6, 6.07) is 5.07. The van der Waals surface area contributed by atoms with Crippen LogP contribution < -0.4 is 5.32 Å². The van der Waals surface area contributed by atoms with E-state index in [0.717, 1.165) is 16.9 Å². The molecule has 0 saturated heterocycles. The number of benzene rings is 1. The van der Waals surface area contributed by atoms with Crippen molar-refractivity contribution < 1.29 is 14.7 Å². The normalized spacial score (nSPS) is 10.2. The predicted molar refractivity (Wildman–Crippen MR) is 73.2 cm³/mol. The average molecular weight is 297 g/mol. The highest BCUT2D eigenvalue weighted by Crippen LogP contribution is 2.21. The Morgan fingerprint density at radius 3 is 2.74 bits per heavy atom. The number of nitrogens with one attached hydrogen (secondary N) is 1. The highest BCUT2D eigenvalue weighted by atomic mass is 35.5. The van der Waals surface area contributed by atoms with Gasteiger partial charge in [-0.2, -0.15) is 0 Å². The molecule has 0 atom stereocenters. The van der Waals surface area contributed by atoms with Crippen LogP contribution in [0.5, 0.6) is 0 Å². The van der Waals surface area contributed by atoms with Crippen LogP contribution in [0, 0.1) is 6.92 Å². The van der Waals surface area contributed by atoms with Gasteiger partial charge in [-0.05, 0) is 30.7 Å². The summed E-state index contributed by atoms with van der Waals surface area (Å²) in [4.78, 5) is 26.3. The van der Waals surface area contributed by atoms with E-state index in [-0.39, 0.29) is 10.7 Å². The molecule has 0 saturated carbocycles. The van der Waals surface area contributed by atoms with E-state index in [1.54, 1.807) is 18.2 Å². The van der Waals surface area contributed by atoms with E-state index >= 15 is 0 Å². The van der Waals surface area contributed by atoms with E-state index < -0.39 is 11.9 Å². The number of hydrogen-bond acceptors (Lipinski definition) is 4. The van der Waals surface area contributed by atoms with E-state index in [2.05, 4.69) is 10.3 Å². The molecule has 2 aromatic rings. The van der Waals surface area contributed by atoms with Crippen molar-refractivity contribution in [1.29, 1.82) is 0 Å². The number of hydrogen-bond donors (Lipinski definition) is 2. The summed E-state index contributed by atoms with van der Waals surface area (Å²) in [5.74, 6) is -1.60. The van der Waals surface area contributed by atoms with Gasteiger partial charge in [-0.25, -0.2) is 9.78 Å². The highest BCUT2D eigenvalue weighted by molar-refractivity contribution is 7.12. The van der Waals surface area contributed by atoms with Crippen molar-refractivity contribution in [2.45, 2.75) is 6.92 Å². The van der Waals surface area contributed by atoms with Gasteiger partial charge in [0.2, 0.25) is 0 Å². The molecule has 7 heteroatoms. The summed E-state index contributed by atoms with van der Waals surface area (Å²) >= 11 is 6.80. The number of aromatic carboxylic acids is 1. The molecule has 19 heavy (non-hydrogen) atoms. The SMILES string of the molecule is Cc1cc(Cl)ccc1NC(=O)c1nc(C(=O)O)cs1. The Morgan fingerprint density at radius 2 is 2.16 bits per heavy atom. The Morgan fingerprint density at radius 1 is 1.42 bits per heavy atom. The van der Waals surface area contributed by atoms with Crippen LogP contribution in [0.3, 0.4) is 0 Å². The molecule has 0 aliphatic rings. The molecule has 0 aliphatic carbocycles. The van der Waals surface area contributed by atoms with Crippen LogP contribution in [0.4, 0.5) is 5.69 Å². The maximum Gasteiger partial charge on any atom is 0.355 e. The smallest absolute Gasteiger partial charge is 0.355 e. The lowest BCUT2D eigenvalue weighted by Gasteiger charge is -2.06. The number of amides is 1. The van der Waals surface area contributed by atoms with E-state index in [4.69, 9.17) is 16.7 Å². The van der Waals surface area contributed by atoms with E-state index in [1.165, 1.54) is 5.38 Å². The van der Waals surface area contributed by atoms with E-state index in [0.29, 0.717) is 10.7 Å². The van der Waals surface area contributed by atoms with Crippen LogP contribution in [0.25, 0.3) is 0 Å². The largest absolute Gasteiger partial charge is 0.476 e. The first kappa shape index (κ1) is 13.5. The number of carbonyl (C=O) groups is 2. The van der Waals surface area contributed by atoms with Gasteiger partial charge in [-0.3, -0.25) is 4.79 Å². The van der Waals surface area contributed by atoms with Gasteiger partial charge < -0.3 is 10.4 Å². The van der Waals surface area contributed by atoms with Gasteiger partial charge in [0.05, 0.1) is 0 Å². The number of carboxylic acid groups (broad SMARTS) is 1. The summed E-state index contributed by atoms with van der Waals surface area (Å²) in [7, 11) is 0. The van der Waals surface area contributed by atoms with Crippen molar-refractivity contribution in [2.75, 3.05) is 5.32 Å². The number of thiazole rings is 1. The number of aryl methyl sites for hydroxylation is 1. The molecule has 1 aromatic carbocycles. The Balaban J connectivity index is 2.18. The van der Waals surface area contributed by atoms with Gasteiger partial charge in [0, 0.05) is 16.1 Å². The molecule has 1 heterocycles. The molecule has 2 N–H and O–H groups in total. The lowest BCUT2D eigenvalue weighted by Crippen LogP contribution is -2.13. The summed E-state index contributed by atoms with van der Waals surface area (Å²) < 4.78 is 0. The minimum Gasteiger partial charge on any atom is -0.476 e. The number of rotatable bonds is 3. The molecule has 0 fully saturated rings. The van der Waals surface area contributed by atoms with Crippen molar-refractivity contribution >= 4 is 40.5 Å². The zero-order chi connectivity index (χ0) is 14.0. The van der Waals surface area contributed by atoms with E-state index in [9.17, 15) is 9.59 Å². The first-order valence-electron chi connectivity index (χ1n) is 5.23. The molecule has 5 nitrogen and oxygen atoms in total. The third-order valence-electron chi connectivity index (χ3n) is 2.35. The molecular formula is C12H9ClN2O3S. The number of aromatic nitrogens is 1. The molecule has 2 rings (SSSR count). The summed E-state index contributed by atoms with van der Waals surface area (Å²) in [5.41, 5.74) is 1.29. The number of halogens is 1. The van der Waals surface area contributed by atoms with Gasteiger partial charge in [0.15, 0.2) is 10.7 Å². The standard InChI is InChI=1S/C12H9ClN2O3S/c1-6-4-7(13)2-3-8(6)14-10(16)11-15-9(5-19-11)12(17)18/h2-5H,1H3,(H,14,16)(H,17,18). The van der Waals surface area contributed by atoms with Gasteiger partial charge in [-0.15, -0.1) is 11.3 Å². The lowest BCUT2D eigenvalue weighted by molar-refractivity contribution is 0.0691. The number of anilines is 1. The first-order chi connectivity index (χ1) is 8.97. The van der Waals surface area contributed by atoms with Gasteiger partial charge in [0.25, 0.3) is 5.91 Å². The molecule has 1 amide bonds. The zero-order valence-electron chi connectivity index (χ0n) is 9.81. The van der Waals surface area contributed by atoms with Crippen LogP contribution in [-0.2, 0) is 0 Å². The Kier molecular flexibility index (Phi) is 3.82. The molecule has 0 aliphatic heterocycles. The third-order valence-corrected chi connectivity index (χ3v) is 3.43. The molecule has 0 bridgehead atoms. The average Bonchev–Trinajstić information content (AvgIpc) is 2.82. The maximum absolute atomic E-state index is 11.9. The van der Waals surface area contributed by atoms with Crippen molar-refractivity contribution in [3.63, 3.8) is 0 Å². The Bertz CT molecular complexity index is 654. The fourth-order valence-corrected chi connectivity index (χ4v) is 2.33. The first-order valence-corrected chi connectivity index (χ1v) is 6.49. The lowest BCUT2D eigenvalue weighted by atomic mass is 10.2. The third kappa shape index (κ3) is 3.10. The summed E-state index contributed by atoms with van der Waals surface area (Å²) in [6.45, 7) is 1.81. The fraction of sp³-hybridized carbons (Fsp3) is 0.0833. The molecule has 0 spiro atoms. The van der Waals surface area contributed by atoms with Gasteiger partial charge in [-0.1, -0.05) is 11.6 Å². The monoisotopic (exact) mass is 296 g/mol. The van der Waals surface area contributed by atoms with Crippen LogP contribution in [0.15, 0.2) is 23.6 Å². The molecule has 1 aromatic heterocycles. The minimum absolute atomic E-state index is 0.103. The Labute approximate surface area is 117 Å². The van der Waals surface area contributed by atoms with Crippen LogP contribution in [0.1, 0.15) is 25.9 Å². The molecule has 98 valence electrons. The second kappa shape index (κ2) is 5.38. The second-order valence-corrected chi connectivity index (χ2v) is 5.05. The van der Waals surface area contributed by atoms with Crippen molar-refractivity contribution in [1.82, 2.24) is 4.98 Å². The molecule has 0 unspecified atom stereocenters. The maximum atomic E-state index is 11.9. The van der Waals surface area contributed by atoms with Gasteiger partial charge >= 0.3 is 5.97 Å². The predicted octanol–water partition coefficient (Wildman–Crippen LogP) is 3.06. The van der Waals surface area contributed by atoms with Crippen molar-refractivity contribution in [3.05, 3.63) is 44.9 Å².